The second-order valence-electron chi connectivity index (χ2n) is 6.31. The van der Waals surface area contributed by atoms with Crippen molar-refractivity contribution >= 4 is 45.5 Å². The van der Waals surface area contributed by atoms with Crippen molar-refractivity contribution < 1.29 is 14.3 Å². The summed E-state index contributed by atoms with van der Waals surface area (Å²) in [6.07, 6.45) is 1.83. The van der Waals surface area contributed by atoms with E-state index in [9.17, 15) is 9.59 Å². The zero-order chi connectivity index (χ0) is 20.8. The second kappa shape index (κ2) is 9.16. The van der Waals surface area contributed by atoms with Gasteiger partial charge in [-0.25, -0.2) is 9.97 Å². The number of aromatic nitrogens is 2. The highest BCUT2D eigenvalue weighted by Gasteiger charge is 2.12. The predicted molar refractivity (Wildman–Crippen MR) is 114 cm³/mol. The van der Waals surface area contributed by atoms with Gasteiger partial charge in [0.1, 0.15) is 11.6 Å². The molecule has 2 amide bonds. The minimum Gasteiger partial charge on any atom is -0.495 e. The molecule has 8 nitrogen and oxygen atoms in total. The summed E-state index contributed by atoms with van der Waals surface area (Å²) in [5.41, 5.74) is 2.77. The molecule has 9 heteroatoms. The van der Waals surface area contributed by atoms with Gasteiger partial charge < -0.3 is 20.7 Å². The monoisotopic (exact) mass is 411 g/mol. The van der Waals surface area contributed by atoms with Gasteiger partial charge in [-0.15, -0.1) is 11.3 Å². The van der Waals surface area contributed by atoms with Crippen LogP contribution in [0.5, 0.6) is 5.75 Å². The first-order chi connectivity index (χ1) is 13.9. The van der Waals surface area contributed by atoms with Gasteiger partial charge in [0, 0.05) is 24.2 Å². The fraction of sp³-hybridized carbons (Fsp3) is 0.200. The molecule has 2 aromatic heterocycles. The van der Waals surface area contributed by atoms with Crippen LogP contribution in [0.25, 0.3) is 0 Å². The highest BCUT2D eigenvalue weighted by molar-refractivity contribution is 7.13. The van der Waals surface area contributed by atoms with Crippen LogP contribution in [0.15, 0.2) is 41.9 Å². The van der Waals surface area contributed by atoms with Gasteiger partial charge in [-0.05, 0) is 42.8 Å². The molecule has 3 N–H and O–H groups in total. The lowest BCUT2D eigenvalue weighted by atomic mass is 10.2. The third-order valence-corrected chi connectivity index (χ3v) is 4.64. The number of thiazole rings is 1. The molecule has 0 unspecified atom stereocenters. The van der Waals surface area contributed by atoms with Crippen molar-refractivity contribution in [2.75, 3.05) is 23.1 Å². The SMILES string of the molecule is COc1ccc(NC(C)=O)cc1NC(=O)Cc1csc(Nc2cc(C)ccn2)n1. The molecule has 3 rings (SSSR count). The van der Waals surface area contributed by atoms with Crippen LogP contribution in [0.3, 0.4) is 0 Å². The maximum atomic E-state index is 12.5. The first kappa shape index (κ1) is 20.3. The molecule has 0 spiro atoms. The Kier molecular flexibility index (Phi) is 6.40. The smallest absolute Gasteiger partial charge is 0.230 e. The Bertz CT molecular complexity index is 1030. The number of carbonyl (C=O) groups excluding carboxylic acids is 2. The van der Waals surface area contributed by atoms with Crippen molar-refractivity contribution in [1.29, 1.82) is 0 Å². The number of carbonyl (C=O) groups is 2. The number of aryl methyl sites for hydroxylation is 1. The molecule has 0 bridgehead atoms. The molecule has 150 valence electrons. The second-order valence-corrected chi connectivity index (χ2v) is 7.17. The lowest BCUT2D eigenvalue weighted by Crippen LogP contribution is -2.16. The van der Waals surface area contributed by atoms with E-state index in [-0.39, 0.29) is 18.2 Å². The number of nitrogens with zero attached hydrogens (tertiary/aromatic N) is 2. The topological polar surface area (TPSA) is 105 Å². The van der Waals surface area contributed by atoms with Gasteiger partial charge >= 0.3 is 0 Å². The lowest BCUT2D eigenvalue weighted by Gasteiger charge is -2.12. The van der Waals surface area contributed by atoms with Crippen LogP contribution < -0.4 is 20.7 Å². The molecule has 1 aromatic carbocycles. The Balaban J connectivity index is 1.65. The summed E-state index contributed by atoms with van der Waals surface area (Å²) in [5, 5.41) is 11.1. The Labute approximate surface area is 172 Å². The zero-order valence-corrected chi connectivity index (χ0v) is 17.1. The van der Waals surface area contributed by atoms with Crippen LogP contribution in [-0.2, 0) is 16.0 Å². The highest BCUT2D eigenvalue weighted by atomic mass is 32.1. The number of pyridine rings is 1. The van der Waals surface area contributed by atoms with E-state index in [1.54, 1.807) is 24.4 Å². The van der Waals surface area contributed by atoms with Gasteiger partial charge in [0.2, 0.25) is 11.8 Å². The van der Waals surface area contributed by atoms with Crippen molar-refractivity contribution in [2.24, 2.45) is 0 Å². The van der Waals surface area contributed by atoms with E-state index >= 15 is 0 Å². The Hall–Kier alpha value is -3.46. The van der Waals surface area contributed by atoms with Crippen molar-refractivity contribution in [3.63, 3.8) is 0 Å². The summed E-state index contributed by atoms with van der Waals surface area (Å²) in [6.45, 7) is 3.41. The molecule has 0 fully saturated rings. The van der Waals surface area contributed by atoms with Gasteiger partial charge in [0.15, 0.2) is 5.13 Å². The number of amides is 2. The fourth-order valence-corrected chi connectivity index (χ4v) is 3.32. The molecular weight excluding hydrogens is 390 g/mol. The number of anilines is 4. The molecule has 0 aliphatic rings. The number of rotatable bonds is 7. The predicted octanol–water partition coefficient (Wildman–Crippen LogP) is 3.74. The van der Waals surface area contributed by atoms with Gasteiger partial charge in [0.05, 0.1) is 24.9 Å². The van der Waals surface area contributed by atoms with Crippen LogP contribution in [0, 0.1) is 6.92 Å². The van der Waals surface area contributed by atoms with Crippen molar-refractivity contribution in [2.45, 2.75) is 20.3 Å². The van der Waals surface area contributed by atoms with Crippen molar-refractivity contribution in [3.05, 3.63) is 53.2 Å². The summed E-state index contributed by atoms with van der Waals surface area (Å²) in [6, 6.07) is 8.86. The summed E-state index contributed by atoms with van der Waals surface area (Å²) in [7, 11) is 1.51. The number of benzene rings is 1. The van der Waals surface area contributed by atoms with E-state index in [0.717, 1.165) is 5.56 Å². The quantitative estimate of drug-likeness (QED) is 0.547. The van der Waals surface area contributed by atoms with E-state index in [1.807, 2.05) is 24.4 Å². The van der Waals surface area contributed by atoms with Crippen LogP contribution in [-0.4, -0.2) is 28.9 Å². The van der Waals surface area contributed by atoms with E-state index in [4.69, 9.17) is 4.74 Å². The summed E-state index contributed by atoms with van der Waals surface area (Å²) in [5.74, 6) is 0.764. The number of ether oxygens (including phenoxy) is 1. The van der Waals surface area contributed by atoms with Crippen molar-refractivity contribution in [3.8, 4) is 5.75 Å². The normalized spacial score (nSPS) is 10.3. The van der Waals surface area contributed by atoms with E-state index in [1.165, 1.54) is 25.4 Å². The maximum absolute atomic E-state index is 12.5. The van der Waals surface area contributed by atoms with E-state index in [2.05, 4.69) is 25.9 Å². The number of nitrogens with one attached hydrogen (secondary N) is 3. The first-order valence-corrected chi connectivity index (χ1v) is 9.70. The van der Waals surface area contributed by atoms with Gasteiger partial charge in [-0.3, -0.25) is 9.59 Å². The van der Waals surface area contributed by atoms with Crippen molar-refractivity contribution in [1.82, 2.24) is 9.97 Å². The van der Waals surface area contributed by atoms with Crippen LogP contribution in [0.2, 0.25) is 0 Å². The first-order valence-electron chi connectivity index (χ1n) is 8.82. The minimum atomic E-state index is -0.242. The maximum Gasteiger partial charge on any atom is 0.230 e. The molecule has 0 radical (unpaired) electrons. The van der Waals surface area contributed by atoms with Crippen LogP contribution >= 0.6 is 11.3 Å². The fourth-order valence-electron chi connectivity index (χ4n) is 2.61. The molecule has 0 aliphatic carbocycles. The number of methoxy groups -OCH3 is 1. The number of hydrogen-bond donors (Lipinski definition) is 3. The average Bonchev–Trinajstić information content (AvgIpc) is 3.08. The molecule has 3 aromatic rings. The average molecular weight is 411 g/mol. The molecule has 0 aliphatic heterocycles. The van der Waals surface area contributed by atoms with Gasteiger partial charge in [-0.1, -0.05) is 0 Å². The molecular formula is C20H21N5O3S. The van der Waals surface area contributed by atoms with Gasteiger partial charge in [0.25, 0.3) is 0 Å². The zero-order valence-electron chi connectivity index (χ0n) is 16.3. The van der Waals surface area contributed by atoms with E-state index in [0.29, 0.717) is 33.8 Å². The lowest BCUT2D eigenvalue weighted by molar-refractivity contribution is -0.116. The molecule has 0 saturated heterocycles. The number of hydrogen-bond acceptors (Lipinski definition) is 7. The molecule has 0 saturated carbocycles. The third kappa shape index (κ3) is 5.76. The standard InChI is InChI=1S/C20H21N5O3S/c1-12-6-7-21-18(8-12)25-20-23-15(11-29-20)10-19(27)24-16-9-14(22-13(2)26)4-5-17(16)28-3/h4-9,11H,10H2,1-3H3,(H,22,26)(H,24,27)(H,21,23,25). The summed E-state index contributed by atoms with van der Waals surface area (Å²) in [4.78, 5) is 32.4. The highest BCUT2D eigenvalue weighted by Crippen LogP contribution is 2.28. The summed E-state index contributed by atoms with van der Waals surface area (Å²) >= 11 is 1.40. The Morgan fingerprint density at radius 3 is 2.72 bits per heavy atom. The Morgan fingerprint density at radius 1 is 1.17 bits per heavy atom. The van der Waals surface area contributed by atoms with E-state index < -0.39 is 0 Å². The summed E-state index contributed by atoms with van der Waals surface area (Å²) < 4.78 is 5.28. The Morgan fingerprint density at radius 2 is 2.00 bits per heavy atom. The molecule has 0 atom stereocenters. The largest absolute Gasteiger partial charge is 0.495 e. The van der Waals surface area contributed by atoms with Gasteiger partial charge in [-0.2, -0.15) is 0 Å². The van der Waals surface area contributed by atoms with Crippen LogP contribution in [0.1, 0.15) is 18.2 Å². The molecule has 29 heavy (non-hydrogen) atoms. The third-order valence-electron chi connectivity index (χ3n) is 3.84. The molecule has 2 heterocycles. The van der Waals surface area contributed by atoms with Crippen LogP contribution in [0.4, 0.5) is 22.3 Å². The minimum absolute atomic E-state index is 0.104.